The van der Waals surface area contributed by atoms with Crippen LogP contribution in [0.15, 0.2) is 30.6 Å². The summed E-state index contributed by atoms with van der Waals surface area (Å²) in [5, 5.41) is 3.39. The number of benzene rings is 1. The molecule has 0 aliphatic rings. The van der Waals surface area contributed by atoms with Gasteiger partial charge in [0.05, 0.1) is 10.7 Å². The third kappa shape index (κ3) is 2.77. The highest BCUT2D eigenvalue weighted by Gasteiger charge is 2.05. The van der Waals surface area contributed by atoms with Gasteiger partial charge in [0.1, 0.15) is 11.6 Å². The first-order chi connectivity index (χ1) is 8.18. The Labute approximate surface area is 104 Å². The maximum absolute atomic E-state index is 13.4. The molecule has 1 heterocycles. The highest BCUT2D eigenvalue weighted by Crippen LogP contribution is 2.24. The van der Waals surface area contributed by atoms with Crippen molar-refractivity contribution in [2.75, 3.05) is 11.9 Å². The zero-order valence-electron chi connectivity index (χ0n) is 9.45. The van der Waals surface area contributed by atoms with Crippen molar-refractivity contribution in [1.29, 1.82) is 0 Å². The van der Waals surface area contributed by atoms with Crippen LogP contribution in [0.4, 0.5) is 10.1 Å². The number of nitrogens with one attached hydrogen (secondary N) is 1. The van der Waals surface area contributed by atoms with Gasteiger partial charge in [-0.3, -0.25) is 0 Å². The topological polar surface area (TPSA) is 29.9 Å². The Balaban J connectivity index is 1.97. The number of anilines is 1. The monoisotopic (exact) mass is 253 g/mol. The molecule has 0 saturated carbocycles. The van der Waals surface area contributed by atoms with E-state index >= 15 is 0 Å². The molecule has 1 aromatic carbocycles. The smallest absolute Gasteiger partial charge is 0.147 e. The first-order valence-corrected chi connectivity index (χ1v) is 5.72. The summed E-state index contributed by atoms with van der Waals surface area (Å²) in [5.41, 5.74) is 0.354. The minimum Gasteiger partial charge on any atom is -0.380 e. The van der Waals surface area contributed by atoms with Gasteiger partial charge in [-0.25, -0.2) is 9.37 Å². The zero-order valence-corrected chi connectivity index (χ0v) is 10.2. The molecule has 5 heteroatoms. The minimum absolute atomic E-state index is 0.333. The van der Waals surface area contributed by atoms with E-state index < -0.39 is 0 Å². The standard InChI is InChI=1S/C12H13ClFN3/c1-9-15-5-7-17(9)8-6-16-12-10(13)3-2-4-11(12)14/h2-5,7,16H,6,8H2,1H3. The van der Waals surface area contributed by atoms with E-state index in [1.807, 2.05) is 17.7 Å². The molecule has 0 bridgehead atoms. The lowest BCUT2D eigenvalue weighted by molar-refractivity contribution is 0.627. The van der Waals surface area contributed by atoms with E-state index in [9.17, 15) is 4.39 Å². The number of imidazole rings is 1. The second-order valence-corrected chi connectivity index (χ2v) is 4.10. The summed E-state index contributed by atoms with van der Waals surface area (Å²) in [7, 11) is 0. The lowest BCUT2D eigenvalue weighted by Gasteiger charge is -2.10. The van der Waals surface area contributed by atoms with Crippen LogP contribution in [0.1, 0.15) is 5.82 Å². The van der Waals surface area contributed by atoms with Crippen LogP contribution >= 0.6 is 11.6 Å². The van der Waals surface area contributed by atoms with Gasteiger partial charge in [0, 0.05) is 25.5 Å². The molecule has 2 rings (SSSR count). The largest absolute Gasteiger partial charge is 0.380 e. The van der Waals surface area contributed by atoms with E-state index in [0.717, 1.165) is 12.4 Å². The normalized spacial score (nSPS) is 10.5. The van der Waals surface area contributed by atoms with Gasteiger partial charge in [0.25, 0.3) is 0 Å². The van der Waals surface area contributed by atoms with E-state index in [1.54, 1.807) is 18.3 Å². The Morgan fingerprint density at radius 3 is 2.94 bits per heavy atom. The fourth-order valence-corrected chi connectivity index (χ4v) is 1.84. The van der Waals surface area contributed by atoms with Crippen molar-refractivity contribution < 1.29 is 4.39 Å². The number of aryl methyl sites for hydroxylation is 1. The van der Waals surface area contributed by atoms with Gasteiger partial charge in [-0.15, -0.1) is 0 Å². The quantitative estimate of drug-likeness (QED) is 0.908. The highest BCUT2D eigenvalue weighted by atomic mass is 35.5. The van der Waals surface area contributed by atoms with Gasteiger partial charge in [0.15, 0.2) is 0 Å². The second kappa shape index (κ2) is 5.19. The molecule has 1 aromatic heterocycles. The maximum Gasteiger partial charge on any atom is 0.147 e. The number of rotatable bonds is 4. The first kappa shape index (κ1) is 11.9. The minimum atomic E-state index is -0.333. The Hall–Kier alpha value is -1.55. The molecular weight excluding hydrogens is 241 g/mol. The molecule has 0 aliphatic carbocycles. The van der Waals surface area contributed by atoms with E-state index in [2.05, 4.69) is 10.3 Å². The maximum atomic E-state index is 13.4. The molecular formula is C12H13ClFN3. The van der Waals surface area contributed by atoms with Gasteiger partial charge >= 0.3 is 0 Å². The van der Waals surface area contributed by atoms with Crippen LogP contribution in [0, 0.1) is 12.7 Å². The van der Waals surface area contributed by atoms with Crippen LogP contribution in [0.5, 0.6) is 0 Å². The average molecular weight is 254 g/mol. The Morgan fingerprint density at radius 1 is 1.47 bits per heavy atom. The van der Waals surface area contributed by atoms with Crippen molar-refractivity contribution >= 4 is 17.3 Å². The van der Waals surface area contributed by atoms with E-state index in [4.69, 9.17) is 11.6 Å². The van der Waals surface area contributed by atoms with Gasteiger partial charge in [-0.1, -0.05) is 17.7 Å². The van der Waals surface area contributed by atoms with Crippen molar-refractivity contribution in [3.63, 3.8) is 0 Å². The van der Waals surface area contributed by atoms with Gasteiger partial charge in [-0.05, 0) is 19.1 Å². The van der Waals surface area contributed by atoms with Crippen molar-refractivity contribution in [1.82, 2.24) is 9.55 Å². The van der Waals surface area contributed by atoms with Gasteiger partial charge < -0.3 is 9.88 Å². The average Bonchev–Trinajstić information content (AvgIpc) is 2.69. The first-order valence-electron chi connectivity index (χ1n) is 5.34. The number of hydrogen-bond acceptors (Lipinski definition) is 2. The molecule has 17 heavy (non-hydrogen) atoms. The number of aromatic nitrogens is 2. The number of nitrogens with zero attached hydrogens (tertiary/aromatic N) is 2. The molecule has 0 unspecified atom stereocenters. The summed E-state index contributed by atoms with van der Waals surface area (Å²) >= 11 is 5.90. The molecule has 90 valence electrons. The third-order valence-electron chi connectivity index (χ3n) is 2.54. The van der Waals surface area contributed by atoms with Crippen molar-refractivity contribution in [2.24, 2.45) is 0 Å². The van der Waals surface area contributed by atoms with Crippen molar-refractivity contribution in [2.45, 2.75) is 13.5 Å². The molecule has 0 radical (unpaired) electrons. The van der Waals surface area contributed by atoms with Crippen LogP contribution in [0.25, 0.3) is 0 Å². The summed E-state index contributed by atoms with van der Waals surface area (Å²) in [5.74, 6) is 0.603. The fraction of sp³-hybridized carbons (Fsp3) is 0.250. The molecule has 0 fully saturated rings. The Morgan fingerprint density at radius 2 is 2.29 bits per heavy atom. The summed E-state index contributed by atoms with van der Waals surface area (Å²) in [6.45, 7) is 3.24. The van der Waals surface area contributed by atoms with Crippen LogP contribution in [-0.2, 0) is 6.54 Å². The molecule has 0 atom stereocenters. The van der Waals surface area contributed by atoms with Gasteiger partial charge in [-0.2, -0.15) is 0 Å². The van der Waals surface area contributed by atoms with Gasteiger partial charge in [0.2, 0.25) is 0 Å². The van der Waals surface area contributed by atoms with Crippen LogP contribution in [0.3, 0.4) is 0 Å². The van der Waals surface area contributed by atoms with E-state index in [0.29, 0.717) is 17.3 Å². The Bertz CT molecular complexity index is 490. The SMILES string of the molecule is Cc1nccn1CCNc1c(F)cccc1Cl. The van der Waals surface area contributed by atoms with E-state index in [-0.39, 0.29) is 5.82 Å². The number of halogens is 2. The lowest BCUT2D eigenvalue weighted by Crippen LogP contribution is -2.12. The predicted octanol–water partition coefficient (Wildman–Crippen LogP) is 3.10. The summed E-state index contributed by atoms with van der Waals surface area (Å²) < 4.78 is 15.4. The molecule has 0 spiro atoms. The van der Waals surface area contributed by atoms with Crippen molar-refractivity contribution in [3.05, 3.63) is 47.3 Å². The van der Waals surface area contributed by atoms with Crippen molar-refractivity contribution in [3.8, 4) is 0 Å². The van der Waals surface area contributed by atoms with Crippen LogP contribution < -0.4 is 5.32 Å². The molecule has 0 amide bonds. The highest BCUT2D eigenvalue weighted by molar-refractivity contribution is 6.33. The summed E-state index contributed by atoms with van der Waals surface area (Å²) in [6, 6.07) is 4.63. The molecule has 3 nitrogen and oxygen atoms in total. The number of hydrogen-bond donors (Lipinski definition) is 1. The third-order valence-corrected chi connectivity index (χ3v) is 2.86. The zero-order chi connectivity index (χ0) is 12.3. The second-order valence-electron chi connectivity index (χ2n) is 3.69. The Kier molecular flexibility index (Phi) is 3.64. The molecule has 0 aliphatic heterocycles. The lowest BCUT2D eigenvalue weighted by atomic mass is 10.3. The molecule has 2 aromatic rings. The molecule has 0 saturated heterocycles. The van der Waals surface area contributed by atoms with Crippen LogP contribution in [0.2, 0.25) is 5.02 Å². The van der Waals surface area contributed by atoms with E-state index in [1.165, 1.54) is 6.07 Å². The summed E-state index contributed by atoms with van der Waals surface area (Å²) in [4.78, 5) is 4.11. The number of para-hydroxylation sites is 1. The summed E-state index contributed by atoms with van der Waals surface area (Å²) in [6.07, 6.45) is 3.63. The van der Waals surface area contributed by atoms with Crippen LogP contribution in [-0.4, -0.2) is 16.1 Å². The predicted molar refractivity (Wildman–Crippen MR) is 66.9 cm³/mol. The fourth-order valence-electron chi connectivity index (χ4n) is 1.61. The molecule has 1 N–H and O–H groups in total.